The van der Waals surface area contributed by atoms with Gasteiger partial charge >= 0.3 is 12.2 Å². The van der Waals surface area contributed by atoms with Gasteiger partial charge in [0.2, 0.25) is 0 Å². The van der Waals surface area contributed by atoms with E-state index in [1.54, 1.807) is 11.1 Å². The van der Waals surface area contributed by atoms with Gasteiger partial charge in [0.05, 0.1) is 23.0 Å². The molecule has 7 rings (SSSR count). The number of pyridine rings is 1. The maximum atomic E-state index is 14.2. The molecule has 0 radical (unpaired) electrons. The van der Waals surface area contributed by atoms with Crippen molar-refractivity contribution in [2.45, 2.75) is 51.4 Å². The van der Waals surface area contributed by atoms with Crippen LogP contribution in [-0.4, -0.2) is 55.2 Å². The van der Waals surface area contributed by atoms with Gasteiger partial charge in [0, 0.05) is 68.1 Å². The zero-order valence-electron chi connectivity index (χ0n) is 21.9. The third kappa shape index (κ3) is 4.00. The van der Waals surface area contributed by atoms with Crippen molar-refractivity contribution in [3.63, 3.8) is 0 Å². The van der Waals surface area contributed by atoms with Crippen molar-refractivity contribution in [2.75, 3.05) is 19.6 Å². The Bertz CT molecular complexity index is 1710. The molecule has 206 valence electrons. The van der Waals surface area contributed by atoms with E-state index in [1.807, 2.05) is 44.5 Å². The van der Waals surface area contributed by atoms with Crippen molar-refractivity contribution in [3.05, 3.63) is 71.3 Å². The highest BCUT2D eigenvalue weighted by molar-refractivity contribution is 6.31. The zero-order valence-corrected chi connectivity index (χ0v) is 21.9. The molecule has 0 bridgehead atoms. The Kier molecular flexibility index (Phi) is 5.76. The van der Waals surface area contributed by atoms with Crippen LogP contribution in [-0.2, 0) is 24.1 Å². The fourth-order valence-corrected chi connectivity index (χ4v) is 6.53. The molecule has 40 heavy (non-hydrogen) atoms. The third-order valence-electron chi connectivity index (χ3n) is 8.43. The van der Waals surface area contributed by atoms with Gasteiger partial charge in [-0.15, -0.1) is 0 Å². The number of alkyl halides is 3. The summed E-state index contributed by atoms with van der Waals surface area (Å²) in [4.78, 5) is 34.5. The Labute approximate surface area is 228 Å². The van der Waals surface area contributed by atoms with Crippen LogP contribution in [0.1, 0.15) is 54.5 Å². The molecule has 5 heterocycles. The number of rotatable bonds is 2. The molecular formula is C30H28F3N5O2. The Morgan fingerprint density at radius 3 is 2.58 bits per heavy atom. The molecule has 4 aromatic rings. The van der Waals surface area contributed by atoms with Gasteiger partial charge in [-0.1, -0.05) is 6.07 Å². The summed E-state index contributed by atoms with van der Waals surface area (Å²) in [6, 6.07) is 7.84. The van der Waals surface area contributed by atoms with E-state index in [0.29, 0.717) is 78.0 Å². The minimum atomic E-state index is -4.55. The van der Waals surface area contributed by atoms with Gasteiger partial charge in [-0.25, -0.2) is 9.78 Å². The number of Topliss-reactive ketones (excluding diaryl/α,β-unsaturated/α-hetero) is 1. The summed E-state index contributed by atoms with van der Waals surface area (Å²) in [6.07, 6.45) is 4.53. The smallest absolute Gasteiger partial charge is 0.345 e. The number of piperidine rings is 1. The molecule has 1 saturated heterocycles. The average Bonchev–Trinajstić information content (AvgIpc) is 3.61. The first-order valence-corrected chi connectivity index (χ1v) is 13.8. The maximum Gasteiger partial charge on any atom is 0.416 e. The minimum absolute atomic E-state index is 0.0425. The highest BCUT2D eigenvalue weighted by Gasteiger charge is 2.36. The van der Waals surface area contributed by atoms with Crippen LogP contribution in [0, 0.1) is 0 Å². The number of hydrogen-bond acceptors (Lipinski definition) is 3. The van der Waals surface area contributed by atoms with Gasteiger partial charge in [0.1, 0.15) is 5.65 Å². The second kappa shape index (κ2) is 9.25. The van der Waals surface area contributed by atoms with Crippen molar-refractivity contribution < 1.29 is 22.8 Å². The highest BCUT2D eigenvalue weighted by atomic mass is 19.4. The van der Waals surface area contributed by atoms with E-state index in [2.05, 4.69) is 4.98 Å². The molecule has 1 aliphatic carbocycles. The normalized spacial score (nSPS) is 18.3. The second-order valence-corrected chi connectivity index (χ2v) is 10.9. The lowest BCUT2D eigenvalue weighted by Gasteiger charge is -2.32. The van der Waals surface area contributed by atoms with Crippen molar-refractivity contribution >= 4 is 39.5 Å². The number of carbonyl (C=O) groups excluding carboxylic acids is 2. The van der Waals surface area contributed by atoms with E-state index in [-0.39, 0.29) is 18.4 Å². The molecule has 0 spiro atoms. The number of carbonyl (C=O) groups is 2. The summed E-state index contributed by atoms with van der Waals surface area (Å²) >= 11 is 0. The molecule has 3 aromatic heterocycles. The molecule has 0 N–H and O–H groups in total. The summed E-state index contributed by atoms with van der Waals surface area (Å²) in [5, 5.41) is 0.466. The van der Waals surface area contributed by atoms with Crippen LogP contribution in [0.15, 0.2) is 48.9 Å². The van der Waals surface area contributed by atoms with Gasteiger partial charge in [-0.05, 0) is 61.1 Å². The number of hydrogen-bond donors (Lipinski definition) is 0. The lowest BCUT2D eigenvalue weighted by Crippen LogP contribution is -2.45. The van der Waals surface area contributed by atoms with Gasteiger partial charge in [0.25, 0.3) is 0 Å². The second-order valence-electron chi connectivity index (χ2n) is 10.9. The predicted octanol–water partition coefficient (Wildman–Crippen LogP) is 6.00. The number of amides is 2. The molecule has 0 saturated carbocycles. The van der Waals surface area contributed by atoms with E-state index in [9.17, 15) is 22.8 Å². The molecule has 3 aliphatic rings. The average molecular weight is 548 g/mol. The Morgan fingerprint density at radius 1 is 0.950 bits per heavy atom. The number of aromatic nitrogens is 3. The maximum absolute atomic E-state index is 14.2. The van der Waals surface area contributed by atoms with E-state index < -0.39 is 11.7 Å². The third-order valence-corrected chi connectivity index (χ3v) is 8.43. The number of benzene rings is 1. The molecular weight excluding hydrogens is 519 g/mol. The van der Waals surface area contributed by atoms with Gasteiger partial charge in [-0.2, -0.15) is 13.2 Å². The number of imidazole rings is 1. The zero-order chi connectivity index (χ0) is 27.6. The molecule has 10 heteroatoms. The fourth-order valence-electron chi connectivity index (χ4n) is 6.53. The van der Waals surface area contributed by atoms with E-state index in [4.69, 9.17) is 0 Å². The van der Waals surface area contributed by atoms with Crippen LogP contribution in [0.4, 0.5) is 18.0 Å². The van der Waals surface area contributed by atoms with Gasteiger partial charge in [-0.3, -0.25) is 9.20 Å². The summed E-state index contributed by atoms with van der Waals surface area (Å²) < 4.78 is 46.3. The van der Waals surface area contributed by atoms with Crippen molar-refractivity contribution in [2.24, 2.45) is 0 Å². The summed E-state index contributed by atoms with van der Waals surface area (Å²) in [6.45, 7) is 2.32. The predicted molar refractivity (Wildman–Crippen MR) is 144 cm³/mol. The number of ketones is 1. The van der Waals surface area contributed by atoms with Crippen LogP contribution >= 0.6 is 0 Å². The monoisotopic (exact) mass is 547 g/mol. The highest BCUT2D eigenvalue weighted by Crippen LogP contribution is 2.44. The Morgan fingerprint density at radius 2 is 1.77 bits per heavy atom. The summed E-state index contributed by atoms with van der Waals surface area (Å²) in [7, 11) is 0. The number of urea groups is 1. The van der Waals surface area contributed by atoms with Crippen LogP contribution in [0.3, 0.4) is 0 Å². The van der Waals surface area contributed by atoms with Crippen molar-refractivity contribution in [1.29, 1.82) is 0 Å². The number of allylic oxidation sites excluding steroid dienone is 2. The largest absolute Gasteiger partial charge is 0.416 e. The van der Waals surface area contributed by atoms with E-state index in [1.165, 1.54) is 12.1 Å². The van der Waals surface area contributed by atoms with Gasteiger partial charge in [0.15, 0.2) is 5.78 Å². The number of fused-ring (bicyclic) bond motifs is 1. The van der Waals surface area contributed by atoms with Crippen LogP contribution < -0.4 is 0 Å². The SMILES string of the molecule is O=C1CCC(c2cn3c4c(cc(C(F)(F)F)cc24)CN(C(=O)N2CCCCC2)CC3)=C1c1cnc2ccccn12. The molecule has 0 atom stereocenters. The topological polar surface area (TPSA) is 62.9 Å². The van der Waals surface area contributed by atoms with Crippen LogP contribution in [0.5, 0.6) is 0 Å². The number of nitrogens with zero attached hydrogens (tertiary/aromatic N) is 5. The minimum Gasteiger partial charge on any atom is -0.345 e. The van der Waals surface area contributed by atoms with Gasteiger partial charge < -0.3 is 14.4 Å². The summed E-state index contributed by atoms with van der Waals surface area (Å²) in [5.41, 5.74) is 3.66. The number of halogens is 3. The molecule has 1 aromatic carbocycles. The molecule has 0 unspecified atom stereocenters. The van der Waals surface area contributed by atoms with E-state index >= 15 is 0 Å². The first kappa shape index (κ1) is 24.9. The van der Waals surface area contributed by atoms with E-state index in [0.717, 1.165) is 24.8 Å². The van der Waals surface area contributed by atoms with Crippen molar-refractivity contribution in [3.8, 4) is 0 Å². The molecule has 1 fully saturated rings. The quantitative estimate of drug-likeness (QED) is 0.309. The first-order valence-electron chi connectivity index (χ1n) is 13.8. The Balaban J connectivity index is 1.39. The fraction of sp³-hybridized carbons (Fsp3) is 0.367. The Hall–Kier alpha value is -4.08. The van der Waals surface area contributed by atoms with Crippen molar-refractivity contribution in [1.82, 2.24) is 23.8 Å². The molecule has 7 nitrogen and oxygen atoms in total. The molecule has 2 amide bonds. The van der Waals surface area contributed by atoms with Crippen LogP contribution in [0.2, 0.25) is 0 Å². The lowest BCUT2D eigenvalue weighted by molar-refractivity contribution is -0.137. The number of likely N-dealkylation sites (tertiary alicyclic amines) is 1. The molecule has 2 aliphatic heterocycles. The van der Waals surface area contributed by atoms with Crippen LogP contribution in [0.25, 0.3) is 27.7 Å². The lowest BCUT2D eigenvalue weighted by atomic mass is 9.96. The standard InChI is InChI=1S/C30H28F3N5O2/c31-30(32,33)20-14-19-17-37(29(40)35-9-3-1-4-10-35)13-12-36-18-23(22(15-20)28(19)36)21-7-8-25(39)27(21)24-16-34-26-6-2-5-11-38(24)26/h2,5-6,11,14-16,18H,1,3-4,7-10,12-13,17H2. The summed E-state index contributed by atoms with van der Waals surface area (Å²) in [5.74, 6) is -0.0425. The first-order chi connectivity index (χ1) is 19.3.